The molecule has 0 aliphatic heterocycles. The molecule has 120 valence electrons. The number of hydrogen-bond donors (Lipinski definition) is 2. The molecule has 7 nitrogen and oxygen atoms in total. The minimum absolute atomic E-state index is 0.102. The van der Waals surface area contributed by atoms with Crippen LogP contribution in [0.5, 0.6) is 0 Å². The SMILES string of the molecule is CC(=O)Nc1nc(CN(C)Cc2nc3ccsc3c(=O)[nH]2)cs1. The molecule has 3 rings (SSSR count). The summed E-state index contributed by atoms with van der Waals surface area (Å²) in [5.41, 5.74) is 1.49. The third kappa shape index (κ3) is 3.81. The molecule has 9 heteroatoms. The van der Waals surface area contributed by atoms with E-state index in [1.165, 1.54) is 29.6 Å². The highest BCUT2D eigenvalue weighted by Crippen LogP contribution is 2.17. The lowest BCUT2D eigenvalue weighted by Gasteiger charge is -2.14. The number of carbonyl (C=O) groups excluding carboxylic acids is 1. The van der Waals surface area contributed by atoms with Gasteiger partial charge in [-0.1, -0.05) is 0 Å². The van der Waals surface area contributed by atoms with E-state index >= 15 is 0 Å². The van der Waals surface area contributed by atoms with Crippen molar-refractivity contribution in [2.24, 2.45) is 0 Å². The molecule has 3 heterocycles. The van der Waals surface area contributed by atoms with Gasteiger partial charge >= 0.3 is 0 Å². The fraction of sp³-hybridized carbons (Fsp3) is 0.286. The molecule has 0 bridgehead atoms. The van der Waals surface area contributed by atoms with Crippen LogP contribution in [0.2, 0.25) is 0 Å². The van der Waals surface area contributed by atoms with E-state index in [1.807, 2.05) is 28.8 Å². The first kappa shape index (κ1) is 15.8. The van der Waals surface area contributed by atoms with E-state index < -0.39 is 0 Å². The normalized spacial score (nSPS) is 11.3. The Morgan fingerprint density at radius 2 is 2.17 bits per heavy atom. The maximum atomic E-state index is 12.0. The zero-order valence-electron chi connectivity index (χ0n) is 12.6. The Labute approximate surface area is 140 Å². The second-order valence-corrected chi connectivity index (χ2v) is 6.92. The number of aromatic amines is 1. The Hall–Kier alpha value is -2.10. The molecule has 0 spiro atoms. The zero-order valence-corrected chi connectivity index (χ0v) is 14.3. The second kappa shape index (κ2) is 6.57. The van der Waals surface area contributed by atoms with Crippen LogP contribution in [0.3, 0.4) is 0 Å². The molecule has 0 aliphatic rings. The molecule has 0 atom stereocenters. The van der Waals surface area contributed by atoms with Gasteiger partial charge in [0.15, 0.2) is 5.13 Å². The Kier molecular flexibility index (Phi) is 4.51. The van der Waals surface area contributed by atoms with Gasteiger partial charge in [-0.2, -0.15) is 0 Å². The van der Waals surface area contributed by atoms with E-state index in [0.29, 0.717) is 28.7 Å². The number of carbonyl (C=O) groups is 1. The number of aromatic nitrogens is 3. The lowest BCUT2D eigenvalue weighted by atomic mass is 10.4. The molecule has 3 aromatic heterocycles. The van der Waals surface area contributed by atoms with Crippen LogP contribution in [0.15, 0.2) is 21.6 Å². The summed E-state index contributed by atoms with van der Waals surface area (Å²) < 4.78 is 0.649. The van der Waals surface area contributed by atoms with Crippen molar-refractivity contribution in [3.63, 3.8) is 0 Å². The second-order valence-electron chi connectivity index (χ2n) is 5.15. The van der Waals surface area contributed by atoms with Crippen LogP contribution in [-0.2, 0) is 17.9 Å². The number of thiazole rings is 1. The van der Waals surface area contributed by atoms with E-state index in [0.717, 1.165) is 11.2 Å². The van der Waals surface area contributed by atoms with Gasteiger partial charge in [0.1, 0.15) is 10.5 Å². The minimum Gasteiger partial charge on any atom is -0.308 e. The Morgan fingerprint density at radius 1 is 1.35 bits per heavy atom. The highest BCUT2D eigenvalue weighted by Gasteiger charge is 2.10. The van der Waals surface area contributed by atoms with Crippen LogP contribution < -0.4 is 10.9 Å². The van der Waals surface area contributed by atoms with Gasteiger partial charge in [0.05, 0.1) is 17.8 Å². The van der Waals surface area contributed by atoms with Crippen LogP contribution in [0.25, 0.3) is 10.2 Å². The van der Waals surface area contributed by atoms with Crippen LogP contribution in [-0.4, -0.2) is 32.8 Å². The van der Waals surface area contributed by atoms with Crippen molar-refractivity contribution in [3.8, 4) is 0 Å². The fourth-order valence-electron chi connectivity index (χ4n) is 2.17. The van der Waals surface area contributed by atoms with Crippen molar-refractivity contribution < 1.29 is 4.79 Å². The highest BCUT2D eigenvalue weighted by atomic mass is 32.1. The Morgan fingerprint density at radius 3 is 2.96 bits per heavy atom. The minimum atomic E-state index is -0.134. The first-order valence-electron chi connectivity index (χ1n) is 6.88. The molecule has 0 aliphatic carbocycles. The third-order valence-corrected chi connectivity index (χ3v) is 4.76. The van der Waals surface area contributed by atoms with Crippen LogP contribution in [0, 0.1) is 0 Å². The van der Waals surface area contributed by atoms with Crippen molar-refractivity contribution in [3.05, 3.63) is 38.7 Å². The largest absolute Gasteiger partial charge is 0.308 e. The van der Waals surface area contributed by atoms with Gasteiger partial charge in [0, 0.05) is 18.8 Å². The predicted molar refractivity (Wildman–Crippen MR) is 91.8 cm³/mol. The molecule has 0 aromatic carbocycles. The maximum Gasteiger partial charge on any atom is 0.268 e. The molecule has 0 unspecified atom stereocenters. The quantitative estimate of drug-likeness (QED) is 0.735. The summed E-state index contributed by atoms with van der Waals surface area (Å²) in [5, 5.41) is 7.02. The molecule has 23 heavy (non-hydrogen) atoms. The fourth-order valence-corrected chi connectivity index (χ4v) is 3.65. The van der Waals surface area contributed by atoms with E-state index in [2.05, 4.69) is 20.3 Å². The summed E-state index contributed by atoms with van der Waals surface area (Å²) in [5.74, 6) is 0.491. The number of nitrogens with one attached hydrogen (secondary N) is 2. The molecular formula is C14H15N5O2S2. The number of nitrogens with zero attached hydrogens (tertiary/aromatic N) is 3. The van der Waals surface area contributed by atoms with E-state index in [4.69, 9.17) is 0 Å². The topological polar surface area (TPSA) is 91.0 Å². The lowest BCUT2D eigenvalue weighted by molar-refractivity contribution is -0.114. The van der Waals surface area contributed by atoms with Crippen LogP contribution in [0.1, 0.15) is 18.4 Å². The molecule has 0 saturated heterocycles. The molecular weight excluding hydrogens is 334 g/mol. The van der Waals surface area contributed by atoms with Gasteiger partial charge in [-0.3, -0.25) is 14.5 Å². The van der Waals surface area contributed by atoms with Crippen molar-refractivity contribution in [1.29, 1.82) is 0 Å². The molecule has 0 fully saturated rings. The van der Waals surface area contributed by atoms with Gasteiger partial charge in [-0.05, 0) is 18.5 Å². The lowest BCUT2D eigenvalue weighted by Crippen LogP contribution is -2.21. The number of thiophene rings is 1. The Bertz CT molecular complexity index is 898. The summed E-state index contributed by atoms with van der Waals surface area (Å²) in [7, 11) is 1.93. The van der Waals surface area contributed by atoms with Crippen molar-refractivity contribution >= 4 is 43.9 Å². The number of anilines is 1. The summed E-state index contributed by atoms with van der Waals surface area (Å²) >= 11 is 2.78. The van der Waals surface area contributed by atoms with E-state index in [1.54, 1.807) is 0 Å². The average molecular weight is 349 g/mol. The summed E-state index contributed by atoms with van der Waals surface area (Å²) in [6.45, 7) is 2.56. The van der Waals surface area contributed by atoms with E-state index in [-0.39, 0.29) is 11.5 Å². The first-order valence-corrected chi connectivity index (χ1v) is 8.64. The third-order valence-electron chi connectivity index (χ3n) is 3.05. The monoisotopic (exact) mass is 349 g/mol. The molecule has 2 N–H and O–H groups in total. The maximum absolute atomic E-state index is 12.0. The molecule has 0 radical (unpaired) electrons. The molecule has 1 amide bonds. The number of hydrogen-bond acceptors (Lipinski definition) is 7. The first-order chi connectivity index (χ1) is 11.0. The number of fused-ring (bicyclic) bond motifs is 1. The van der Waals surface area contributed by atoms with Crippen molar-refractivity contribution in [2.45, 2.75) is 20.0 Å². The standard InChI is InChI=1S/C14H15N5O2S2/c1-8(20)15-14-16-9(7-23-14)5-19(2)6-11-17-10-3-4-22-12(10)13(21)18-11/h3-4,7H,5-6H2,1-2H3,(H,15,16,20)(H,17,18,21). The van der Waals surface area contributed by atoms with Gasteiger partial charge in [-0.25, -0.2) is 9.97 Å². The van der Waals surface area contributed by atoms with Crippen LogP contribution in [0.4, 0.5) is 5.13 Å². The molecule has 0 saturated carbocycles. The van der Waals surface area contributed by atoms with Crippen molar-refractivity contribution in [1.82, 2.24) is 19.9 Å². The highest BCUT2D eigenvalue weighted by molar-refractivity contribution is 7.17. The number of H-pyrrole nitrogens is 1. The summed E-state index contributed by atoms with van der Waals surface area (Å²) in [4.78, 5) is 36.6. The van der Waals surface area contributed by atoms with Crippen molar-refractivity contribution in [2.75, 3.05) is 12.4 Å². The van der Waals surface area contributed by atoms with Gasteiger partial charge in [-0.15, -0.1) is 22.7 Å². The number of rotatable bonds is 5. The predicted octanol–water partition coefficient (Wildman–Crippen LogP) is 2.03. The zero-order chi connectivity index (χ0) is 16.4. The molecule has 3 aromatic rings. The van der Waals surface area contributed by atoms with E-state index in [9.17, 15) is 9.59 Å². The summed E-state index contributed by atoms with van der Waals surface area (Å²) in [6.07, 6.45) is 0. The van der Waals surface area contributed by atoms with Gasteiger partial charge in [0.2, 0.25) is 5.91 Å². The smallest absolute Gasteiger partial charge is 0.268 e. The Balaban J connectivity index is 1.68. The number of amides is 1. The average Bonchev–Trinajstić information content (AvgIpc) is 3.07. The van der Waals surface area contributed by atoms with Gasteiger partial charge < -0.3 is 10.3 Å². The summed E-state index contributed by atoms with van der Waals surface area (Å²) in [6, 6.07) is 1.85. The van der Waals surface area contributed by atoms with Gasteiger partial charge in [0.25, 0.3) is 5.56 Å². The van der Waals surface area contributed by atoms with Crippen LogP contribution >= 0.6 is 22.7 Å².